The third kappa shape index (κ3) is 1.43. The van der Waals surface area contributed by atoms with Crippen molar-refractivity contribution < 1.29 is 10.2 Å². The van der Waals surface area contributed by atoms with Crippen LogP contribution >= 0.6 is 0 Å². The first-order chi connectivity index (χ1) is 5.13. The van der Waals surface area contributed by atoms with Crippen LogP contribution in [-0.4, -0.2) is 10.2 Å². The summed E-state index contributed by atoms with van der Waals surface area (Å²) in [5.41, 5.74) is 6.07. The predicted molar refractivity (Wildman–Crippen MR) is 42.4 cm³/mol. The standard InChI is InChI=1S/C8H11NO2/c1-5(9)6-3-2-4-7(10)8(6)11/h2-5,10-11H,9H2,1H3. The van der Waals surface area contributed by atoms with E-state index in [9.17, 15) is 5.11 Å². The average molecular weight is 153 g/mol. The van der Waals surface area contributed by atoms with Crippen molar-refractivity contribution in [2.24, 2.45) is 5.73 Å². The predicted octanol–water partition coefficient (Wildman–Crippen LogP) is 1.12. The van der Waals surface area contributed by atoms with E-state index in [4.69, 9.17) is 10.8 Å². The SMILES string of the molecule is CC(N)c1cccc(O)c1O. The summed E-state index contributed by atoms with van der Waals surface area (Å²) in [6.07, 6.45) is 0. The van der Waals surface area contributed by atoms with Crippen LogP contribution in [0, 0.1) is 0 Å². The van der Waals surface area contributed by atoms with E-state index in [0.717, 1.165) is 0 Å². The van der Waals surface area contributed by atoms with E-state index < -0.39 is 0 Å². The Morgan fingerprint density at radius 1 is 1.36 bits per heavy atom. The lowest BCUT2D eigenvalue weighted by Crippen LogP contribution is -2.04. The van der Waals surface area contributed by atoms with Gasteiger partial charge >= 0.3 is 0 Å². The molecule has 1 aromatic carbocycles. The second kappa shape index (κ2) is 2.80. The topological polar surface area (TPSA) is 66.5 Å². The number of nitrogens with two attached hydrogens (primary N) is 1. The van der Waals surface area contributed by atoms with Crippen LogP contribution in [0.25, 0.3) is 0 Å². The second-order valence-electron chi connectivity index (χ2n) is 2.50. The summed E-state index contributed by atoms with van der Waals surface area (Å²) in [4.78, 5) is 0. The molecule has 0 heterocycles. The van der Waals surface area contributed by atoms with Crippen molar-refractivity contribution in [2.45, 2.75) is 13.0 Å². The van der Waals surface area contributed by atoms with Gasteiger partial charge < -0.3 is 15.9 Å². The zero-order valence-electron chi connectivity index (χ0n) is 6.28. The Bertz CT molecular complexity index is 258. The smallest absolute Gasteiger partial charge is 0.162 e. The highest BCUT2D eigenvalue weighted by Crippen LogP contribution is 2.31. The summed E-state index contributed by atoms with van der Waals surface area (Å²) in [5, 5.41) is 18.3. The molecule has 0 fully saturated rings. The summed E-state index contributed by atoms with van der Waals surface area (Å²) in [6, 6.07) is 4.48. The first kappa shape index (κ1) is 7.88. The molecule has 1 aromatic rings. The van der Waals surface area contributed by atoms with Crippen LogP contribution < -0.4 is 5.73 Å². The fourth-order valence-corrected chi connectivity index (χ4v) is 0.916. The van der Waals surface area contributed by atoms with Crippen molar-refractivity contribution in [2.75, 3.05) is 0 Å². The number of benzene rings is 1. The zero-order valence-corrected chi connectivity index (χ0v) is 6.28. The minimum Gasteiger partial charge on any atom is -0.504 e. The largest absolute Gasteiger partial charge is 0.504 e. The molecule has 1 unspecified atom stereocenters. The number of para-hydroxylation sites is 1. The maximum absolute atomic E-state index is 9.24. The van der Waals surface area contributed by atoms with Crippen LogP contribution in [0.2, 0.25) is 0 Å². The average Bonchev–Trinajstić information content (AvgIpc) is 1.94. The van der Waals surface area contributed by atoms with Gasteiger partial charge in [0.25, 0.3) is 0 Å². The molecule has 0 amide bonds. The van der Waals surface area contributed by atoms with Gasteiger partial charge in [0.05, 0.1) is 0 Å². The summed E-state index contributed by atoms with van der Waals surface area (Å²) in [6.45, 7) is 1.74. The van der Waals surface area contributed by atoms with E-state index in [1.165, 1.54) is 6.07 Å². The van der Waals surface area contributed by atoms with Crippen molar-refractivity contribution in [1.29, 1.82) is 0 Å². The van der Waals surface area contributed by atoms with E-state index in [1.54, 1.807) is 19.1 Å². The van der Waals surface area contributed by atoms with Crippen LogP contribution in [0.1, 0.15) is 18.5 Å². The molecule has 0 aromatic heterocycles. The second-order valence-corrected chi connectivity index (χ2v) is 2.50. The molecule has 0 radical (unpaired) electrons. The van der Waals surface area contributed by atoms with Crippen LogP contribution in [0.5, 0.6) is 11.5 Å². The van der Waals surface area contributed by atoms with E-state index in [2.05, 4.69) is 0 Å². The van der Waals surface area contributed by atoms with Gasteiger partial charge in [-0.15, -0.1) is 0 Å². The Morgan fingerprint density at radius 3 is 2.45 bits per heavy atom. The molecule has 11 heavy (non-hydrogen) atoms. The molecule has 0 spiro atoms. The summed E-state index contributed by atoms with van der Waals surface area (Å²) in [7, 11) is 0. The first-order valence-corrected chi connectivity index (χ1v) is 3.39. The van der Waals surface area contributed by atoms with Gasteiger partial charge in [-0.25, -0.2) is 0 Å². The van der Waals surface area contributed by atoms with E-state index in [0.29, 0.717) is 5.56 Å². The monoisotopic (exact) mass is 153 g/mol. The fourth-order valence-electron chi connectivity index (χ4n) is 0.916. The van der Waals surface area contributed by atoms with Crippen LogP contribution in [0.4, 0.5) is 0 Å². The Kier molecular flexibility index (Phi) is 2.01. The number of phenolic OH excluding ortho intramolecular Hbond substituents is 2. The molecule has 60 valence electrons. The third-order valence-corrected chi connectivity index (χ3v) is 1.54. The van der Waals surface area contributed by atoms with Gasteiger partial charge in [-0.3, -0.25) is 0 Å². The van der Waals surface area contributed by atoms with Crippen molar-refractivity contribution in [3.8, 4) is 11.5 Å². The minimum atomic E-state index is -0.262. The zero-order chi connectivity index (χ0) is 8.43. The quantitative estimate of drug-likeness (QED) is 0.529. The molecule has 3 heteroatoms. The molecule has 0 aliphatic carbocycles. The molecule has 4 N–H and O–H groups in total. The molecule has 0 aliphatic heterocycles. The number of phenols is 2. The number of rotatable bonds is 1. The lowest BCUT2D eigenvalue weighted by molar-refractivity contribution is 0.397. The third-order valence-electron chi connectivity index (χ3n) is 1.54. The maximum Gasteiger partial charge on any atom is 0.162 e. The lowest BCUT2D eigenvalue weighted by Gasteiger charge is -2.08. The highest BCUT2D eigenvalue weighted by Gasteiger charge is 2.08. The van der Waals surface area contributed by atoms with Gasteiger partial charge in [0, 0.05) is 11.6 Å². The molecule has 0 bridgehead atoms. The molecule has 1 atom stereocenters. The Labute approximate surface area is 65.1 Å². The lowest BCUT2D eigenvalue weighted by atomic mass is 10.1. The molecule has 0 saturated carbocycles. The van der Waals surface area contributed by atoms with Gasteiger partial charge in [-0.1, -0.05) is 12.1 Å². The molecule has 0 saturated heterocycles. The van der Waals surface area contributed by atoms with Gasteiger partial charge in [0.1, 0.15) is 0 Å². The Hall–Kier alpha value is -1.22. The van der Waals surface area contributed by atoms with Crippen molar-refractivity contribution in [3.63, 3.8) is 0 Å². The van der Waals surface area contributed by atoms with Crippen LogP contribution in [0.3, 0.4) is 0 Å². The van der Waals surface area contributed by atoms with Gasteiger partial charge in [-0.2, -0.15) is 0 Å². The van der Waals surface area contributed by atoms with E-state index in [1.807, 2.05) is 0 Å². The molecule has 1 rings (SSSR count). The van der Waals surface area contributed by atoms with E-state index >= 15 is 0 Å². The van der Waals surface area contributed by atoms with Crippen molar-refractivity contribution in [1.82, 2.24) is 0 Å². The van der Waals surface area contributed by atoms with Crippen molar-refractivity contribution in [3.05, 3.63) is 23.8 Å². The number of hydrogen-bond acceptors (Lipinski definition) is 3. The normalized spacial score (nSPS) is 12.9. The molecular formula is C8H11NO2. The first-order valence-electron chi connectivity index (χ1n) is 3.39. The minimum absolute atomic E-state index is 0.123. The summed E-state index contributed by atoms with van der Waals surface area (Å²) >= 11 is 0. The summed E-state index contributed by atoms with van der Waals surface area (Å²) in [5.74, 6) is -0.248. The molecule has 3 nitrogen and oxygen atoms in total. The van der Waals surface area contributed by atoms with Crippen LogP contribution in [-0.2, 0) is 0 Å². The highest BCUT2D eigenvalue weighted by atomic mass is 16.3. The Balaban J connectivity index is 3.17. The van der Waals surface area contributed by atoms with Gasteiger partial charge in [-0.05, 0) is 13.0 Å². The summed E-state index contributed by atoms with van der Waals surface area (Å²) < 4.78 is 0. The number of aromatic hydroxyl groups is 2. The fraction of sp³-hybridized carbons (Fsp3) is 0.250. The van der Waals surface area contributed by atoms with Gasteiger partial charge in [0.15, 0.2) is 11.5 Å². The maximum atomic E-state index is 9.24. The van der Waals surface area contributed by atoms with Crippen LogP contribution in [0.15, 0.2) is 18.2 Å². The number of hydrogen-bond donors (Lipinski definition) is 3. The highest BCUT2D eigenvalue weighted by molar-refractivity contribution is 5.45. The van der Waals surface area contributed by atoms with E-state index in [-0.39, 0.29) is 17.5 Å². The molecular weight excluding hydrogens is 142 g/mol. The van der Waals surface area contributed by atoms with Crippen molar-refractivity contribution >= 4 is 0 Å². The Morgan fingerprint density at radius 2 is 2.00 bits per heavy atom. The molecule has 0 aliphatic rings. The van der Waals surface area contributed by atoms with Gasteiger partial charge in [0.2, 0.25) is 0 Å².